The molecule has 0 amide bonds. The van der Waals surface area contributed by atoms with Gasteiger partial charge in [-0.25, -0.2) is 0 Å². The monoisotopic (exact) mass is 92.0 g/mol. The van der Waals surface area contributed by atoms with Gasteiger partial charge in [-0.05, 0) is 0 Å². The highest BCUT2D eigenvalue weighted by molar-refractivity contribution is 4.36. The zero-order valence-electron chi connectivity index (χ0n) is 3.05. The fourth-order valence-corrected chi connectivity index (χ4v) is 0. The lowest BCUT2D eigenvalue weighted by Crippen LogP contribution is -1.82. The average molecular weight is 92.0 g/mol. The minimum atomic E-state index is 1.00. The van der Waals surface area contributed by atoms with E-state index in [0.717, 1.165) is 13.2 Å². The standard InChI is InChI=1S/C2H4O.O3/c1-2-3-1;1-3-2/h1-2H2;. The fraction of sp³-hybridized carbons (Fsp3) is 1.00. The van der Waals surface area contributed by atoms with E-state index in [1.807, 2.05) is 0 Å². The number of hydrogen-bond acceptors (Lipinski definition) is 3. The molecule has 0 aromatic carbocycles. The van der Waals surface area contributed by atoms with Crippen LogP contribution in [0.15, 0.2) is 0 Å². The molecule has 0 N–H and O–H groups in total. The summed E-state index contributed by atoms with van der Waals surface area (Å²) in [7, 11) is 0. The second-order valence-corrected chi connectivity index (χ2v) is 0.680. The van der Waals surface area contributed by atoms with Crippen molar-refractivity contribution in [1.29, 1.82) is 0 Å². The quantitative estimate of drug-likeness (QED) is 0.165. The van der Waals surface area contributed by atoms with Crippen molar-refractivity contribution in [3.8, 4) is 0 Å². The highest BCUT2D eigenvalue weighted by atomic mass is 17.2. The van der Waals surface area contributed by atoms with Crippen molar-refractivity contribution in [2.24, 2.45) is 0 Å². The zero-order chi connectivity index (χ0) is 4.83. The first-order valence-corrected chi connectivity index (χ1v) is 1.41. The second kappa shape index (κ2) is 4.36. The van der Waals surface area contributed by atoms with Crippen molar-refractivity contribution in [2.45, 2.75) is 0 Å². The van der Waals surface area contributed by atoms with Gasteiger partial charge in [0.1, 0.15) is 0 Å². The van der Waals surface area contributed by atoms with Gasteiger partial charge in [0.05, 0.1) is 13.2 Å². The van der Waals surface area contributed by atoms with Crippen molar-refractivity contribution in [3.05, 3.63) is 9.71 Å². The molecule has 1 rings (SSSR count). The van der Waals surface area contributed by atoms with Gasteiger partial charge in [0, 0.05) is 0 Å². The molecule has 0 saturated carbocycles. The van der Waals surface area contributed by atoms with Crippen molar-refractivity contribution in [3.63, 3.8) is 0 Å². The van der Waals surface area contributed by atoms with Crippen LogP contribution in [0.5, 0.6) is 0 Å². The van der Waals surface area contributed by atoms with E-state index in [1.54, 1.807) is 4.75 Å². The van der Waals surface area contributed by atoms with Crippen LogP contribution in [-0.2, 0) is 4.74 Å². The Morgan fingerprint density at radius 1 is 1.67 bits per heavy atom. The van der Waals surface area contributed by atoms with Crippen LogP contribution in [0, 0.1) is 9.71 Å². The largest absolute Gasteiger partial charge is 0.377 e. The molecule has 1 fully saturated rings. The maximum Gasteiger partial charge on any atom is 0.154 e. The molecular formula is C2H4O4. The van der Waals surface area contributed by atoms with Crippen LogP contribution in [-0.4, -0.2) is 13.2 Å². The first-order valence-electron chi connectivity index (χ1n) is 1.41. The lowest BCUT2D eigenvalue weighted by Gasteiger charge is -1.24. The van der Waals surface area contributed by atoms with Gasteiger partial charge in [0.15, 0.2) is 4.75 Å². The van der Waals surface area contributed by atoms with E-state index in [0.29, 0.717) is 0 Å². The van der Waals surface area contributed by atoms with E-state index in [4.69, 9.17) is 10.2 Å². The first kappa shape index (κ1) is 5.36. The predicted molar refractivity (Wildman–Crippen MR) is 17.6 cm³/mol. The molecule has 36 valence electrons. The summed E-state index contributed by atoms with van der Waals surface area (Å²) in [5.74, 6) is 0. The van der Waals surface area contributed by atoms with Gasteiger partial charge in [-0.3, -0.25) is 0 Å². The molecule has 4 nitrogen and oxygen atoms in total. The van der Waals surface area contributed by atoms with E-state index >= 15 is 0 Å². The predicted octanol–water partition coefficient (Wildman–Crippen LogP) is -1.11. The molecule has 0 spiro atoms. The topological polar surface area (TPSA) is 64.0 Å². The molecule has 0 unspecified atom stereocenters. The lowest BCUT2D eigenvalue weighted by molar-refractivity contribution is -0.284. The summed E-state index contributed by atoms with van der Waals surface area (Å²) < 4.78 is 6.25. The minimum Gasteiger partial charge on any atom is -0.377 e. The van der Waals surface area contributed by atoms with Gasteiger partial charge in [-0.15, -0.1) is 0 Å². The van der Waals surface area contributed by atoms with Crippen LogP contribution in [0.4, 0.5) is 0 Å². The van der Waals surface area contributed by atoms with Gasteiger partial charge in [-0.1, -0.05) is 10.2 Å². The van der Waals surface area contributed by atoms with Crippen LogP contribution in [0.25, 0.3) is 0 Å². The molecular weight excluding hydrogens is 88.0 g/mol. The number of rotatable bonds is 0. The fourth-order valence-electron chi connectivity index (χ4n) is 0. The molecule has 1 heterocycles. The maximum atomic E-state index is 7.88. The Bertz CT molecular complexity index is 29.8. The molecule has 0 aromatic heterocycles. The van der Waals surface area contributed by atoms with Gasteiger partial charge >= 0.3 is 0 Å². The molecule has 0 aromatic rings. The molecule has 1 aliphatic rings. The molecule has 0 radical (unpaired) electrons. The normalized spacial score (nSPS) is 14.0. The van der Waals surface area contributed by atoms with Crippen LogP contribution < -0.4 is 5.26 Å². The van der Waals surface area contributed by atoms with Gasteiger partial charge in [-0.2, -0.15) is 0 Å². The minimum absolute atomic E-state index is 1.00. The van der Waals surface area contributed by atoms with Crippen molar-refractivity contribution in [1.82, 2.24) is 0 Å². The Hall–Kier alpha value is -0.640. The summed E-state index contributed by atoms with van der Waals surface area (Å²) in [6, 6.07) is 0. The van der Waals surface area contributed by atoms with Gasteiger partial charge in [0.25, 0.3) is 0 Å². The first-order chi connectivity index (χ1) is 2.91. The van der Waals surface area contributed by atoms with Crippen molar-refractivity contribution in [2.75, 3.05) is 13.2 Å². The molecule has 0 aliphatic carbocycles. The van der Waals surface area contributed by atoms with Crippen molar-refractivity contribution < 1.29 is 9.99 Å². The molecule has 1 aliphatic heterocycles. The molecule has 0 atom stereocenters. The lowest BCUT2D eigenvalue weighted by atomic mass is 11.0. The highest BCUT2D eigenvalue weighted by Crippen LogP contribution is 1.84. The number of epoxide rings is 1. The third-order valence-electron chi connectivity index (χ3n) is 0.204. The summed E-state index contributed by atoms with van der Waals surface area (Å²) in [5.41, 5.74) is 0. The summed E-state index contributed by atoms with van der Waals surface area (Å²) in [5, 5.41) is 7.88. The highest BCUT2D eigenvalue weighted by Gasteiger charge is 1.94. The second-order valence-electron chi connectivity index (χ2n) is 0.680. The average Bonchev–Trinajstić information content (AvgIpc) is 2.11. The van der Waals surface area contributed by atoms with Gasteiger partial charge in [0.2, 0.25) is 0 Å². The molecule has 0 bridgehead atoms. The van der Waals surface area contributed by atoms with E-state index in [9.17, 15) is 0 Å². The van der Waals surface area contributed by atoms with Crippen LogP contribution in [0.1, 0.15) is 0 Å². The van der Waals surface area contributed by atoms with Gasteiger partial charge < -0.3 is 4.74 Å². The van der Waals surface area contributed by atoms with Crippen LogP contribution in [0.3, 0.4) is 0 Å². The Kier molecular flexibility index (Phi) is 3.89. The zero-order valence-corrected chi connectivity index (χ0v) is 3.05. The Morgan fingerprint density at radius 3 is 1.83 bits per heavy atom. The summed E-state index contributed by atoms with van der Waals surface area (Å²) >= 11 is 0. The van der Waals surface area contributed by atoms with Crippen LogP contribution >= 0.6 is 0 Å². The SMILES string of the molecule is C1CO1.O=[O+][O-]. The Morgan fingerprint density at radius 2 is 1.83 bits per heavy atom. The smallest absolute Gasteiger partial charge is 0.154 e. The maximum absolute atomic E-state index is 7.88. The van der Waals surface area contributed by atoms with E-state index < -0.39 is 0 Å². The van der Waals surface area contributed by atoms with E-state index in [-0.39, 0.29) is 0 Å². The number of ether oxygens (including phenoxy) is 1. The number of hydrogen-bond donors (Lipinski definition) is 0. The summed E-state index contributed by atoms with van der Waals surface area (Å²) in [6.07, 6.45) is 0. The third kappa shape index (κ3) is 144. The van der Waals surface area contributed by atoms with E-state index in [1.165, 1.54) is 0 Å². The molecule has 4 heteroatoms. The van der Waals surface area contributed by atoms with Crippen LogP contribution in [0.2, 0.25) is 0 Å². The summed E-state index contributed by atoms with van der Waals surface area (Å²) in [6.45, 7) is 2.00. The third-order valence-corrected chi connectivity index (χ3v) is 0.204. The Labute approximate surface area is 34.2 Å². The Balaban J connectivity index is 0.0000000833. The summed E-state index contributed by atoms with van der Waals surface area (Å²) in [4.78, 5) is 7.88. The molecule has 6 heavy (non-hydrogen) atoms. The molecule has 1 saturated heterocycles. The van der Waals surface area contributed by atoms with Crippen molar-refractivity contribution >= 4 is 0 Å². The van der Waals surface area contributed by atoms with E-state index in [2.05, 4.69) is 4.74 Å².